The number of benzene rings is 1. The van der Waals surface area contributed by atoms with Crippen molar-refractivity contribution >= 4 is 17.3 Å². The average molecular weight is 263 g/mol. The van der Waals surface area contributed by atoms with Gasteiger partial charge in [0, 0.05) is 24.5 Å². The van der Waals surface area contributed by atoms with E-state index in [1.165, 1.54) is 25.1 Å². The zero-order chi connectivity index (χ0) is 14.6. The highest BCUT2D eigenvalue weighted by Crippen LogP contribution is 2.29. The first-order valence-electron chi connectivity index (χ1n) is 6.16. The number of hydrogen-bond donors (Lipinski definition) is 0. The molecule has 19 heavy (non-hydrogen) atoms. The Morgan fingerprint density at radius 2 is 2.00 bits per heavy atom. The number of nitrogens with zero attached hydrogens (tertiary/aromatic N) is 1. The summed E-state index contributed by atoms with van der Waals surface area (Å²) in [6.07, 6.45) is 0.347. The molecule has 0 heterocycles. The van der Waals surface area contributed by atoms with Crippen LogP contribution in [-0.2, 0) is 9.59 Å². The maximum absolute atomic E-state index is 11.8. The molecule has 2 unspecified atom stereocenters. The van der Waals surface area contributed by atoms with E-state index in [9.17, 15) is 19.7 Å². The maximum Gasteiger partial charge on any atom is 0.269 e. The number of non-ortho nitro benzene ring substituents is 1. The first-order chi connectivity index (χ1) is 8.88. The summed E-state index contributed by atoms with van der Waals surface area (Å²) in [7, 11) is 0. The van der Waals surface area contributed by atoms with Gasteiger partial charge in [0.2, 0.25) is 0 Å². The Kier molecular flexibility index (Phi) is 4.92. The first kappa shape index (κ1) is 15.0. The summed E-state index contributed by atoms with van der Waals surface area (Å²) in [6.45, 7) is 4.84. The van der Waals surface area contributed by atoms with E-state index in [1.54, 1.807) is 19.9 Å². The summed E-state index contributed by atoms with van der Waals surface area (Å²) in [5.74, 6) is -1.27. The van der Waals surface area contributed by atoms with Crippen LogP contribution >= 0.6 is 0 Å². The second-order valence-corrected chi connectivity index (χ2v) is 4.55. The predicted molar refractivity (Wildman–Crippen MR) is 71.0 cm³/mol. The number of carbonyl (C=O) groups excluding carboxylic acids is 2. The number of nitro groups is 1. The van der Waals surface area contributed by atoms with Gasteiger partial charge in [-0.3, -0.25) is 19.7 Å². The molecule has 1 aromatic rings. The lowest BCUT2D eigenvalue weighted by Crippen LogP contribution is -2.24. The van der Waals surface area contributed by atoms with Gasteiger partial charge in [-0.05, 0) is 12.5 Å². The molecule has 0 amide bonds. The molecule has 102 valence electrons. The van der Waals surface area contributed by atoms with Crippen molar-refractivity contribution in [2.75, 3.05) is 0 Å². The van der Waals surface area contributed by atoms with Gasteiger partial charge in [-0.15, -0.1) is 0 Å². The van der Waals surface area contributed by atoms with Crippen LogP contribution in [0.5, 0.6) is 0 Å². The molecule has 5 nitrogen and oxygen atoms in total. The topological polar surface area (TPSA) is 77.3 Å². The Hall–Kier alpha value is -2.04. The van der Waals surface area contributed by atoms with Crippen LogP contribution in [0.25, 0.3) is 0 Å². The van der Waals surface area contributed by atoms with Crippen LogP contribution < -0.4 is 0 Å². The third-order valence-corrected chi connectivity index (χ3v) is 3.23. The van der Waals surface area contributed by atoms with Crippen LogP contribution in [0.4, 0.5) is 5.69 Å². The van der Waals surface area contributed by atoms with Crippen LogP contribution in [0, 0.1) is 16.0 Å². The highest BCUT2D eigenvalue weighted by Gasteiger charge is 2.29. The largest absolute Gasteiger partial charge is 0.299 e. The third kappa shape index (κ3) is 3.47. The molecule has 0 saturated carbocycles. The van der Waals surface area contributed by atoms with Crippen LogP contribution in [0.1, 0.15) is 38.7 Å². The van der Waals surface area contributed by atoms with Gasteiger partial charge in [0.15, 0.2) is 0 Å². The van der Waals surface area contributed by atoms with Crippen LogP contribution in [0.3, 0.4) is 0 Å². The van der Waals surface area contributed by atoms with E-state index in [0.717, 1.165) is 0 Å². The fourth-order valence-corrected chi connectivity index (χ4v) is 2.22. The summed E-state index contributed by atoms with van der Waals surface area (Å²) in [5, 5.41) is 10.8. The van der Waals surface area contributed by atoms with E-state index < -0.39 is 16.8 Å². The van der Waals surface area contributed by atoms with Gasteiger partial charge in [-0.2, -0.15) is 0 Å². The highest BCUT2D eigenvalue weighted by molar-refractivity contribution is 5.92. The zero-order valence-electron chi connectivity index (χ0n) is 11.3. The van der Waals surface area contributed by atoms with Gasteiger partial charge in [0.25, 0.3) is 5.69 Å². The minimum Gasteiger partial charge on any atom is -0.299 e. The number of ketones is 2. The number of nitro benzene ring substituents is 1. The summed E-state index contributed by atoms with van der Waals surface area (Å²) >= 11 is 0. The molecule has 1 rings (SSSR count). The smallest absolute Gasteiger partial charge is 0.269 e. The van der Waals surface area contributed by atoms with Crippen LogP contribution in [0.15, 0.2) is 24.3 Å². The standard InChI is InChI=1S/C14H17NO4/c1-4-13(17)9(2)14(10(3)16)11-6-5-7-12(8-11)15(18)19/h5-9,14H,4H2,1-3H3. The predicted octanol–water partition coefficient (Wildman–Crippen LogP) is 2.88. The SMILES string of the molecule is CCC(=O)C(C)C(C(C)=O)c1cccc([N+](=O)[O-])c1. The van der Waals surface area contributed by atoms with Gasteiger partial charge in [0.05, 0.1) is 10.8 Å². The van der Waals surface area contributed by atoms with E-state index in [4.69, 9.17) is 0 Å². The molecule has 0 aromatic heterocycles. The lowest BCUT2D eigenvalue weighted by Gasteiger charge is -2.20. The monoisotopic (exact) mass is 263 g/mol. The number of Topliss-reactive ketones (excluding diaryl/α,β-unsaturated/α-hetero) is 2. The van der Waals surface area contributed by atoms with Crippen molar-refractivity contribution in [1.29, 1.82) is 0 Å². The molecule has 5 heteroatoms. The minimum atomic E-state index is -0.618. The van der Waals surface area contributed by atoms with Crippen molar-refractivity contribution in [2.24, 2.45) is 5.92 Å². The Balaban J connectivity index is 3.20. The van der Waals surface area contributed by atoms with Crippen molar-refractivity contribution < 1.29 is 14.5 Å². The Morgan fingerprint density at radius 1 is 1.37 bits per heavy atom. The maximum atomic E-state index is 11.8. The molecule has 2 atom stereocenters. The fourth-order valence-electron chi connectivity index (χ4n) is 2.22. The minimum absolute atomic E-state index is 0.0216. The van der Waals surface area contributed by atoms with Crippen molar-refractivity contribution in [2.45, 2.75) is 33.1 Å². The molecule has 0 radical (unpaired) electrons. The van der Waals surface area contributed by atoms with Crippen molar-refractivity contribution in [3.05, 3.63) is 39.9 Å². The van der Waals surface area contributed by atoms with E-state index in [-0.39, 0.29) is 17.3 Å². The molecule has 1 aromatic carbocycles. The summed E-state index contributed by atoms with van der Waals surface area (Å²) in [5.41, 5.74) is 0.455. The van der Waals surface area contributed by atoms with E-state index in [0.29, 0.717) is 12.0 Å². The molecule has 0 saturated heterocycles. The Labute approximate surface area is 111 Å². The summed E-state index contributed by atoms with van der Waals surface area (Å²) in [6, 6.07) is 5.92. The highest BCUT2D eigenvalue weighted by atomic mass is 16.6. The second-order valence-electron chi connectivity index (χ2n) is 4.55. The fraction of sp³-hybridized carbons (Fsp3) is 0.429. The van der Waals surface area contributed by atoms with E-state index in [2.05, 4.69) is 0 Å². The molecule has 0 aliphatic carbocycles. The number of hydrogen-bond acceptors (Lipinski definition) is 4. The number of rotatable bonds is 6. The van der Waals surface area contributed by atoms with Gasteiger partial charge < -0.3 is 0 Å². The van der Waals surface area contributed by atoms with Gasteiger partial charge in [-0.1, -0.05) is 26.0 Å². The van der Waals surface area contributed by atoms with Gasteiger partial charge >= 0.3 is 0 Å². The lowest BCUT2D eigenvalue weighted by atomic mass is 9.81. The molecular weight excluding hydrogens is 246 g/mol. The van der Waals surface area contributed by atoms with Crippen molar-refractivity contribution in [1.82, 2.24) is 0 Å². The van der Waals surface area contributed by atoms with E-state index in [1.807, 2.05) is 0 Å². The lowest BCUT2D eigenvalue weighted by molar-refractivity contribution is -0.384. The van der Waals surface area contributed by atoms with Crippen LogP contribution in [-0.4, -0.2) is 16.5 Å². The molecule has 0 bridgehead atoms. The number of carbonyl (C=O) groups is 2. The molecule has 0 N–H and O–H groups in total. The molecule has 0 aliphatic rings. The van der Waals surface area contributed by atoms with E-state index >= 15 is 0 Å². The normalized spacial score (nSPS) is 13.6. The molecular formula is C14H17NO4. The molecule has 0 spiro atoms. The van der Waals surface area contributed by atoms with Gasteiger partial charge in [-0.25, -0.2) is 0 Å². The van der Waals surface area contributed by atoms with Crippen molar-refractivity contribution in [3.63, 3.8) is 0 Å². The van der Waals surface area contributed by atoms with Crippen molar-refractivity contribution in [3.8, 4) is 0 Å². The molecule has 0 aliphatic heterocycles. The average Bonchev–Trinajstić information content (AvgIpc) is 2.37. The summed E-state index contributed by atoms with van der Waals surface area (Å²) < 4.78 is 0. The third-order valence-electron chi connectivity index (χ3n) is 3.23. The quantitative estimate of drug-likeness (QED) is 0.584. The van der Waals surface area contributed by atoms with Crippen LogP contribution in [0.2, 0.25) is 0 Å². The Morgan fingerprint density at radius 3 is 2.47 bits per heavy atom. The summed E-state index contributed by atoms with van der Waals surface area (Å²) in [4.78, 5) is 33.8. The Bertz CT molecular complexity index is 510. The second kappa shape index (κ2) is 6.22. The molecule has 0 fully saturated rings. The zero-order valence-corrected chi connectivity index (χ0v) is 11.3. The van der Waals surface area contributed by atoms with Gasteiger partial charge in [0.1, 0.15) is 11.6 Å². The first-order valence-corrected chi connectivity index (χ1v) is 6.16.